The van der Waals surface area contributed by atoms with Crippen LogP contribution >= 0.6 is 23.2 Å². The Morgan fingerprint density at radius 2 is 1.43 bits per heavy atom. The number of amides is 2. The van der Waals surface area contributed by atoms with Gasteiger partial charge < -0.3 is 10.2 Å². The van der Waals surface area contributed by atoms with Crippen LogP contribution in [0.25, 0.3) is 0 Å². The summed E-state index contributed by atoms with van der Waals surface area (Å²) in [7, 11) is -4.26. The molecular weight excluding hydrogens is 653 g/mol. The Morgan fingerprint density at radius 3 is 2.06 bits per heavy atom. The molecular formula is C37H39Cl2N3O4S. The molecule has 5 rings (SSSR count). The second kappa shape index (κ2) is 15.8. The molecule has 2 amide bonds. The first-order valence-corrected chi connectivity index (χ1v) is 18.0. The van der Waals surface area contributed by atoms with E-state index in [1.54, 1.807) is 18.2 Å². The van der Waals surface area contributed by atoms with Crippen LogP contribution in [0.2, 0.25) is 10.0 Å². The van der Waals surface area contributed by atoms with Crippen molar-refractivity contribution in [2.75, 3.05) is 10.8 Å². The summed E-state index contributed by atoms with van der Waals surface area (Å²) in [4.78, 5) is 30.4. The molecule has 0 aliphatic heterocycles. The highest BCUT2D eigenvalue weighted by Crippen LogP contribution is 2.30. The fourth-order valence-corrected chi connectivity index (χ4v) is 7.97. The summed E-state index contributed by atoms with van der Waals surface area (Å²) >= 11 is 12.7. The van der Waals surface area contributed by atoms with Gasteiger partial charge in [-0.05, 0) is 61.2 Å². The quantitative estimate of drug-likeness (QED) is 0.166. The van der Waals surface area contributed by atoms with Crippen molar-refractivity contribution in [3.63, 3.8) is 0 Å². The zero-order chi connectivity index (χ0) is 33.4. The fraction of sp³-hybridized carbons (Fsp3) is 0.297. The van der Waals surface area contributed by atoms with E-state index >= 15 is 0 Å². The van der Waals surface area contributed by atoms with E-state index < -0.39 is 28.5 Å². The monoisotopic (exact) mass is 691 g/mol. The third kappa shape index (κ3) is 9.15. The van der Waals surface area contributed by atoms with Crippen LogP contribution in [0, 0.1) is 6.92 Å². The second-order valence-corrected chi connectivity index (χ2v) is 14.7. The van der Waals surface area contributed by atoms with E-state index in [-0.39, 0.29) is 45.5 Å². The van der Waals surface area contributed by atoms with Crippen molar-refractivity contribution in [3.05, 3.63) is 130 Å². The fourth-order valence-electron chi connectivity index (χ4n) is 6.04. The lowest BCUT2D eigenvalue weighted by atomic mass is 9.94. The van der Waals surface area contributed by atoms with Crippen molar-refractivity contribution < 1.29 is 18.0 Å². The van der Waals surface area contributed by atoms with Crippen molar-refractivity contribution in [1.82, 2.24) is 10.2 Å². The van der Waals surface area contributed by atoms with Crippen LogP contribution in [-0.2, 0) is 32.6 Å². The van der Waals surface area contributed by atoms with Gasteiger partial charge in [-0.25, -0.2) is 8.42 Å². The van der Waals surface area contributed by atoms with Crippen molar-refractivity contribution in [2.45, 2.75) is 69.0 Å². The molecule has 246 valence electrons. The Bertz CT molecular complexity index is 1760. The third-order valence-corrected chi connectivity index (χ3v) is 10.6. The van der Waals surface area contributed by atoms with Crippen molar-refractivity contribution in [2.24, 2.45) is 0 Å². The predicted molar refractivity (Wildman–Crippen MR) is 188 cm³/mol. The number of sulfonamides is 1. The molecule has 4 aromatic rings. The first kappa shape index (κ1) is 34.5. The average molecular weight is 693 g/mol. The average Bonchev–Trinajstić information content (AvgIpc) is 3.06. The lowest BCUT2D eigenvalue weighted by molar-refractivity contribution is -0.140. The van der Waals surface area contributed by atoms with Crippen LogP contribution in [0.4, 0.5) is 5.69 Å². The van der Waals surface area contributed by atoms with Gasteiger partial charge in [-0.3, -0.25) is 13.9 Å². The highest BCUT2D eigenvalue weighted by molar-refractivity contribution is 7.92. The number of rotatable bonds is 12. The van der Waals surface area contributed by atoms with Crippen molar-refractivity contribution in [1.29, 1.82) is 0 Å². The summed E-state index contributed by atoms with van der Waals surface area (Å²) in [5.74, 6) is -0.799. The normalized spacial score (nSPS) is 14.3. The summed E-state index contributed by atoms with van der Waals surface area (Å²) in [6, 6.07) is 28.7. The summed E-state index contributed by atoms with van der Waals surface area (Å²) in [5, 5.41) is 3.67. The van der Waals surface area contributed by atoms with Crippen molar-refractivity contribution in [3.8, 4) is 0 Å². The molecule has 1 aliphatic rings. The molecule has 0 bridgehead atoms. The maximum atomic E-state index is 14.7. The van der Waals surface area contributed by atoms with Gasteiger partial charge in [-0.1, -0.05) is 121 Å². The van der Waals surface area contributed by atoms with Crippen LogP contribution in [0.5, 0.6) is 0 Å². The number of carbonyl (C=O) groups is 2. The molecule has 7 nitrogen and oxygen atoms in total. The van der Waals surface area contributed by atoms with Gasteiger partial charge in [0.1, 0.15) is 12.6 Å². The number of halogens is 2. The first-order valence-electron chi connectivity index (χ1n) is 15.8. The topological polar surface area (TPSA) is 86.8 Å². The molecule has 1 saturated carbocycles. The number of nitrogens with one attached hydrogen (secondary N) is 1. The number of hydrogen-bond donors (Lipinski definition) is 1. The van der Waals surface area contributed by atoms with E-state index in [4.69, 9.17) is 23.2 Å². The minimum atomic E-state index is -4.26. The van der Waals surface area contributed by atoms with Gasteiger partial charge >= 0.3 is 0 Å². The minimum Gasteiger partial charge on any atom is -0.352 e. The number of carbonyl (C=O) groups excluding carboxylic acids is 2. The van der Waals surface area contributed by atoms with E-state index in [2.05, 4.69) is 5.32 Å². The SMILES string of the molecule is Cc1cccc(CN(C(=O)CN(c2cc(Cl)cc(Cl)c2)S(=O)(=O)c2ccccc2)C(Cc2ccccc2)C(=O)NC2CCCCC2)c1. The highest BCUT2D eigenvalue weighted by Gasteiger charge is 2.35. The summed E-state index contributed by atoms with van der Waals surface area (Å²) in [6.07, 6.45) is 5.23. The lowest BCUT2D eigenvalue weighted by Gasteiger charge is -2.35. The van der Waals surface area contributed by atoms with Crippen LogP contribution in [-0.4, -0.2) is 43.8 Å². The van der Waals surface area contributed by atoms with E-state index in [1.165, 1.54) is 35.2 Å². The summed E-state index contributed by atoms with van der Waals surface area (Å²) < 4.78 is 29.3. The van der Waals surface area contributed by atoms with Crippen LogP contribution in [0.15, 0.2) is 108 Å². The predicted octanol–water partition coefficient (Wildman–Crippen LogP) is 7.59. The Balaban J connectivity index is 1.58. The van der Waals surface area contributed by atoms with Crippen LogP contribution < -0.4 is 9.62 Å². The zero-order valence-corrected chi connectivity index (χ0v) is 28.6. The molecule has 1 fully saturated rings. The third-order valence-electron chi connectivity index (χ3n) is 8.40. The molecule has 0 radical (unpaired) electrons. The molecule has 1 atom stereocenters. The van der Waals surface area contributed by atoms with Gasteiger partial charge in [0.25, 0.3) is 10.0 Å². The molecule has 1 aliphatic carbocycles. The van der Waals surface area contributed by atoms with Gasteiger partial charge in [0.05, 0.1) is 10.6 Å². The number of hydrogen-bond acceptors (Lipinski definition) is 4. The second-order valence-electron chi connectivity index (χ2n) is 12.0. The van der Waals surface area contributed by atoms with E-state index in [0.29, 0.717) is 0 Å². The Hall–Kier alpha value is -3.85. The van der Waals surface area contributed by atoms with Gasteiger partial charge in [-0.15, -0.1) is 0 Å². The number of anilines is 1. The number of aryl methyl sites for hydroxylation is 1. The van der Waals surface area contributed by atoms with Gasteiger partial charge in [-0.2, -0.15) is 0 Å². The number of benzene rings is 4. The van der Waals surface area contributed by atoms with Crippen molar-refractivity contribution >= 4 is 50.7 Å². The maximum Gasteiger partial charge on any atom is 0.264 e. The molecule has 0 heterocycles. The van der Waals surface area contributed by atoms with Gasteiger partial charge in [0.15, 0.2) is 0 Å². The Morgan fingerprint density at radius 1 is 0.809 bits per heavy atom. The van der Waals surface area contributed by atoms with E-state index in [0.717, 1.165) is 53.1 Å². The van der Waals surface area contributed by atoms with Crippen LogP contribution in [0.1, 0.15) is 48.8 Å². The summed E-state index contributed by atoms with van der Waals surface area (Å²) in [6.45, 7) is 1.48. The molecule has 10 heteroatoms. The zero-order valence-electron chi connectivity index (χ0n) is 26.3. The molecule has 0 spiro atoms. The molecule has 4 aromatic carbocycles. The standard InChI is InChI=1S/C37H39Cl2N3O4S/c1-27-12-11-15-29(20-27)25-41(35(21-28-13-5-2-6-14-28)37(44)40-32-16-7-3-8-17-32)36(43)26-42(33-23-30(38)22-31(39)24-33)47(45,46)34-18-9-4-10-19-34/h2,4-6,9-15,18-20,22-24,32,35H,3,7-8,16-17,21,25-26H2,1H3,(H,40,44). The smallest absolute Gasteiger partial charge is 0.264 e. The molecule has 0 aromatic heterocycles. The first-order chi connectivity index (χ1) is 22.6. The summed E-state index contributed by atoms with van der Waals surface area (Å²) in [5.41, 5.74) is 2.85. The Labute approximate surface area is 287 Å². The largest absolute Gasteiger partial charge is 0.352 e. The molecule has 0 saturated heterocycles. The molecule has 47 heavy (non-hydrogen) atoms. The lowest BCUT2D eigenvalue weighted by Crippen LogP contribution is -2.55. The van der Waals surface area contributed by atoms with Gasteiger partial charge in [0.2, 0.25) is 11.8 Å². The highest BCUT2D eigenvalue weighted by atomic mass is 35.5. The van der Waals surface area contributed by atoms with Gasteiger partial charge in [0, 0.05) is 29.1 Å². The van der Waals surface area contributed by atoms with E-state index in [1.807, 2.05) is 61.5 Å². The molecule has 1 N–H and O–H groups in total. The van der Waals surface area contributed by atoms with Crippen LogP contribution in [0.3, 0.4) is 0 Å². The molecule has 1 unspecified atom stereocenters. The maximum absolute atomic E-state index is 14.7. The minimum absolute atomic E-state index is 0.00464. The van der Waals surface area contributed by atoms with E-state index in [9.17, 15) is 18.0 Å². The number of nitrogens with zero attached hydrogens (tertiary/aromatic N) is 2. The Kier molecular flexibility index (Phi) is 11.6.